The van der Waals surface area contributed by atoms with Crippen molar-refractivity contribution in [3.05, 3.63) is 47.5 Å². The van der Waals surface area contributed by atoms with Gasteiger partial charge >= 0.3 is 24.4 Å². The van der Waals surface area contributed by atoms with Crippen LogP contribution in [0.1, 0.15) is 11.1 Å². The fraction of sp³-hybridized carbons (Fsp3) is 0.143. The van der Waals surface area contributed by atoms with Gasteiger partial charge in [0.1, 0.15) is 0 Å². The molecule has 0 aliphatic heterocycles. The molecule has 0 saturated heterocycles. The van der Waals surface area contributed by atoms with Crippen molar-refractivity contribution < 1.29 is 0 Å². The van der Waals surface area contributed by atoms with Gasteiger partial charge in [0.05, 0.1) is 0 Å². The number of aryl methyl sites for hydroxylation is 2. The van der Waals surface area contributed by atoms with Crippen molar-refractivity contribution in [1.29, 1.82) is 0 Å². The molecule has 2 radical (unpaired) electrons. The fourth-order valence-electron chi connectivity index (χ4n) is 1.56. The van der Waals surface area contributed by atoms with E-state index in [1.165, 1.54) is 11.1 Å². The van der Waals surface area contributed by atoms with E-state index in [0.29, 0.717) is 0 Å². The van der Waals surface area contributed by atoms with E-state index in [1.807, 2.05) is 24.3 Å². The Labute approximate surface area is 139 Å². The molecule has 2 aromatic carbocycles. The van der Waals surface area contributed by atoms with Crippen molar-refractivity contribution in [3.8, 4) is 0 Å². The van der Waals surface area contributed by atoms with Crippen molar-refractivity contribution in [3.63, 3.8) is 0 Å². The second-order valence-electron chi connectivity index (χ2n) is 4.05. The summed E-state index contributed by atoms with van der Waals surface area (Å²) in [4.78, 5) is 1.82. The number of rotatable bonds is 2. The molecule has 0 bridgehead atoms. The fourth-order valence-corrected chi connectivity index (χ4v) is 3.25. The van der Waals surface area contributed by atoms with Gasteiger partial charge in [-0.2, -0.15) is 0 Å². The number of benzene rings is 2. The summed E-state index contributed by atoms with van der Waals surface area (Å²) in [5.74, 6) is 0. The summed E-state index contributed by atoms with van der Waals surface area (Å²) in [6.07, 6.45) is 0. The van der Waals surface area contributed by atoms with Crippen LogP contribution in [0.25, 0.3) is 0 Å². The largest absolute Gasteiger partial charge is 3.00 e. The molecule has 0 amide bonds. The third-order valence-corrected chi connectivity index (χ3v) is 4.71. The Morgan fingerprint density at radius 3 is 1.56 bits per heavy atom. The smallest absolute Gasteiger partial charge is 0.782 e. The first-order valence-electron chi connectivity index (χ1n) is 5.33. The Morgan fingerprint density at radius 2 is 1.17 bits per heavy atom. The van der Waals surface area contributed by atoms with Gasteiger partial charge in [0.25, 0.3) is 0 Å². The maximum atomic E-state index is 5.35. The SMILES string of the molecule is Cc1ccc([S-])c([P-]c2cc(C)ccc2[S-])c1.[Sb+3]. The van der Waals surface area contributed by atoms with Gasteiger partial charge in [-0.3, -0.25) is 0 Å². The van der Waals surface area contributed by atoms with Crippen LogP contribution in [-0.4, -0.2) is 24.4 Å². The third-order valence-electron chi connectivity index (χ3n) is 2.47. The Morgan fingerprint density at radius 1 is 0.778 bits per heavy atom. The molecule has 0 nitrogen and oxygen atoms in total. The van der Waals surface area contributed by atoms with Crippen LogP contribution in [-0.2, 0) is 25.3 Å². The average molecular weight is 397 g/mol. The summed E-state index contributed by atoms with van der Waals surface area (Å²) in [5, 5.41) is 2.33. The maximum Gasteiger partial charge on any atom is 3.00 e. The number of hydrogen-bond donors (Lipinski definition) is 0. The molecule has 90 valence electrons. The maximum absolute atomic E-state index is 5.35. The van der Waals surface area contributed by atoms with Crippen molar-refractivity contribution in [2.45, 2.75) is 23.6 Å². The Balaban J connectivity index is 0.00000162. The van der Waals surface area contributed by atoms with Gasteiger partial charge in [0.2, 0.25) is 0 Å². The van der Waals surface area contributed by atoms with E-state index in [4.69, 9.17) is 25.3 Å². The molecule has 0 aromatic heterocycles. The van der Waals surface area contributed by atoms with E-state index in [0.717, 1.165) is 29.0 Å². The second-order valence-corrected chi connectivity index (χ2v) is 6.12. The molecule has 0 aliphatic rings. The van der Waals surface area contributed by atoms with Gasteiger partial charge in [0.15, 0.2) is 0 Å². The van der Waals surface area contributed by atoms with Crippen LogP contribution in [0, 0.1) is 13.8 Å². The van der Waals surface area contributed by atoms with E-state index in [9.17, 15) is 0 Å². The van der Waals surface area contributed by atoms with Gasteiger partial charge in [-0.1, -0.05) is 47.5 Å². The molecule has 0 N–H and O–H groups in total. The summed E-state index contributed by atoms with van der Waals surface area (Å²) in [5.41, 5.74) is 2.47. The molecule has 0 heterocycles. The quantitative estimate of drug-likeness (QED) is 0.434. The molecule has 0 fully saturated rings. The van der Waals surface area contributed by atoms with E-state index in [2.05, 4.69) is 26.0 Å². The number of hydrogen-bond acceptors (Lipinski definition) is 2. The van der Waals surface area contributed by atoms with E-state index in [1.54, 1.807) is 0 Å². The Bertz CT molecular complexity index is 506. The zero-order valence-electron chi connectivity index (χ0n) is 10.2. The van der Waals surface area contributed by atoms with E-state index < -0.39 is 0 Å². The van der Waals surface area contributed by atoms with Gasteiger partial charge in [-0.05, 0) is 13.8 Å². The van der Waals surface area contributed by atoms with Crippen LogP contribution in [0.15, 0.2) is 46.2 Å². The van der Waals surface area contributed by atoms with Crippen molar-refractivity contribution in [1.82, 2.24) is 0 Å². The first-order chi connectivity index (χ1) is 8.06. The third kappa shape index (κ3) is 4.07. The van der Waals surface area contributed by atoms with Crippen molar-refractivity contribution in [2.24, 2.45) is 0 Å². The summed E-state index contributed by atoms with van der Waals surface area (Å²) in [7, 11) is 1.11. The summed E-state index contributed by atoms with van der Waals surface area (Å²) < 4.78 is 0. The van der Waals surface area contributed by atoms with E-state index >= 15 is 0 Å². The van der Waals surface area contributed by atoms with Crippen LogP contribution in [0.3, 0.4) is 0 Å². The molecule has 0 unspecified atom stereocenters. The molecule has 0 saturated carbocycles. The zero-order chi connectivity index (χ0) is 12.4. The molecule has 0 aliphatic carbocycles. The molecule has 4 heteroatoms. The molecule has 18 heavy (non-hydrogen) atoms. The molecule has 0 atom stereocenters. The van der Waals surface area contributed by atoms with Gasteiger partial charge in [0, 0.05) is 0 Å². The minimum Gasteiger partial charge on any atom is -0.782 e. The van der Waals surface area contributed by atoms with Crippen molar-refractivity contribution in [2.75, 3.05) is 0 Å². The summed E-state index contributed by atoms with van der Waals surface area (Å²) >= 11 is 10.7. The Kier molecular flexibility index (Phi) is 6.34. The normalized spacial score (nSPS) is 9.89. The van der Waals surface area contributed by atoms with Crippen LogP contribution >= 0.6 is 8.58 Å². The summed E-state index contributed by atoms with van der Waals surface area (Å²) in [6, 6.07) is 12.4. The first-order valence-corrected chi connectivity index (χ1v) is 7.04. The molecule has 2 aromatic rings. The van der Waals surface area contributed by atoms with Crippen LogP contribution in [0.4, 0.5) is 0 Å². The van der Waals surface area contributed by atoms with Crippen molar-refractivity contribution >= 4 is 68.9 Å². The first kappa shape index (κ1) is 16.2. The zero-order valence-corrected chi connectivity index (χ0v) is 15.3. The predicted octanol–water partition coefficient (Wildman–Crippen LogP) is 2.63. The second kappa shape index (κ2) is 7.06. The van der Waals surface area contributed by atoms with Gasteiger partial charge in [-0.25, -0.2) is 20.4 Å². The van der Waals surface area contributed by atoms with Crippen LogP contribution in [0.5, 0.6) is 0 Å². The minimum absolute atomic E-state index is 0. The van der Waals surface area contributed by atoms with Crippen LogP contribution < -0.4 is 10.6 Å². The van der Waals surface area contributed by atoms with E-state index in [-0.39, 0.29) is 24.4 Å². The van der Waals surface area contributed by atoms with Gasteiger partial charge in [-0.15, -0.1) is 0 Å². The predicted molar refractivity (Wildman–Crippen MR) is 85.6 cm³/mol. The topological polar surface area (TPSA) is 0 Å². The Hall–Kier alpha value is 0.128. The molecular weight excluding hydrogens is 385 g/mol. The monoisotopic (exact) mass is 396 g/mol. The average Bonchev–Trinajstić information content (AvgIpc) is 2.28. The van der Waals surface area contributed by atoms with Gasteiger partial charge < -0.3 is 33.8 Å². The molecule has 0 spiro atoms. The molecule has 2 rings (SSSR count). The van der Waals surface area contributed by atoms with Crippen LogP contribution in [0.2, 0.25) is 0 Å². The molecular formula is C14H12PS2Sb. The summed E-state index contributed by atoms with van der Waals surface area (Å²) in [6.45, 7) is 4.16. The standard InChI is InChI=1S/C14H14PS2.Sb/c1-9-3-5-13(16)11(7-9)15-12-8-10(2)4-6-14(12)17;/h3-8,16-17H,1-2H3;/q-1;+3/p-2. The minimum atomic E-state index is 0.